The Kier molecular flexibility index (Phi) is 2.80. The van der Waals surface area contributed by atoms with Crippen LogP contribution >= 0.6 is 11.3 Å². The average Bonchev–Trinajstić information content (AvgIpc) is 2.91. The van der Waals surface area contributed by atoms with Crippen LogP contribution in [0.25, 0.3) is 0 Å². The molecule has 0 bridgehead atoms. The van der Waals surface area contributed by atoms with Crippen molar-refractivity contribution in [1.82, 2.24) is 5.32 Å². The normalized spacial score (nSPS) is 14.2. The number of hydrogen-bond acceptors (Lipinski definition) is 3. The Labute approximate surface area is 99.3 Å². The van der Waals surface area contributed by atoms with Gasteiger partial charge in [-0.1, -0.05) is 0 Å². The van der Waals surface area contributed by atoms with Crippen molar-refractivity contribution in [3.8, 4) is 0 Å². The number of aryl methyl sites for hydroxylation is 2. The predicted molar refractivity (Wildman–Crippen MR) is 65.6 cm³/mol. The predicted octanol–water partition coefficient (Wildman–Crippen LogP) is 3.12. The van der Waals surface area contributed by atoms with E-state index in [2.05, 4.69) is 11.4 Å². The van der Waals surface area contributed by atoms with Crippen LogP contribution in [0.3, 0.4) is 0 Å². The molecular formula is C13H15NOS. The van der Waals surface area contributed by atoms with Gasteiger partial charge in [-0.15, -0.1) is 11.3 Å². The molecule has 0 atom stereocenters. The van der Waals surface area contributed by atoms with E-state index in [0.717, 1.165) is 13.1 Å². The summed E-state index contributed by atoms with van der Waals surface area (Å²) in [6.45, 7) is 1.86. The maximum Gasteiger partial charge on any atom is 0.0947 e. The number of thiophene rings is 1. The zero-order valence-corrected chi connectivity index (χ0v) is 9.98. The van der Waals surface area contributed by atoms with Crippen LogP contribution in [-0.2, 0) is 25.9 Å². The first kappa shape index (κ1) is 10.1. The van der Waals surface area contributed by atoms with Crippen LogP contribution in [0, 0.1) is 0 Å². The highest BCUT2D eigenvalue weighted by atomic mass is 32.1. The van der Waals surface area contributed by atoms with Crippen molar-refractivity contribution in [2.24, 2.45) is 0 Å². The second kappa shape index (κ2) is 4.44. The molecule has 2 aromatic heterocycles. The van der Waals surface area contributed by atoms with Crippen LogP contribution in [0.15, 0.2) is 29.1 Å². The van der Waals surface area contributed by atoms with Crippen molar-refractivity contribution in [3.05, 3.63) is 45.5 Å². The monoisotopic (exact) mass is 233 g/mol. The lowest BCUT2D eigenvalue weighted by Crippen LogP contribution is -2.11. The summed E-state index contributed by atoms with van der Waals surface area (Å²) in [5.74, 6) is 0. The Hall–Kier alpha value is -1.06. The molecule has 1 aliphatic carbocycles. The highest BCUT2D eigenvalue weighted by molar-refractivity contribution is 7.12. The van der Waals surface area contributed by atoms with Crippen molar-refractivity contribution in [1.29, 1.82) is 0 Å². The molecule has 0 spiro atoms. The Morgan fingerprint density at radius 2 is 2.31 bits per heavy atom. The summed E-state index contributed by atoms with van der Waals surface area (Å²) >= 11 is 1.97. The number of furan rings is 1. The molecule has 1 N–H and O–H groups in total. The van der Waals surface area contributed by atoms with Gasteiger partial charge >= 0.3 is 0 Å². The van der Waals surface area contributed by atoms with E-state index in [4.69, 9.17) is 4.42 Å². The molecule has 3 rings (SSSR count). The number of hydrogen-bond donors (Lipinski definition) is 1. The van der Waals surface area contributed by atoms with Gasteiger partial charge in [0.25, 0.3) is 0 Å². The summed E-state index contributed by atoms with van der Waals surface area (Å²) in [5, 5.41) is 3.44. The molecule has 0 saturated carbocycles. The van der Waals surface area contributed by atoms with Crippen LogP contribution in [0.2, 0.25) is 0 Å². The van der Waals surface area contributed by atoms with Gasteiger partial charge in [0.1, 0.15) is 0 Å². The SMILES string of the molecule is c1cc(CNCc2cc3c(s2)CCC3)co1. The van der Waals surface area contributed by atoms with Crippen molar-refractivity contribution in [2.45, 2.75) is 32.4 Å². The van der Waals surface area contributed by atoms with Crippen molar-refractivity contribution >= 4 is 11.3 Å². The van der Waals surface area contributed by atoms with Gasteiger partial charge in [0, 0.05) is 28.4 Å². The standard InChI is InChI=1S/C13H15NOS/c1-2-11-6-12(16-13(11)3-1)8-14-7-10-4-5-15-9-10/h4-6,9,14H,1-3,7-8H2. The van der Waals surface area contributed by atoms with Crippen molar-refractivity contribution < 1.29 is 4.42 Å². The van der Waals surface area contributed by atoms with Gasteiger partial charge in [-0.2, -0.15) is 0 Å². The van der Waals surface area contributed by atoms with E-state index in [1.807, 2.05) is 17.4 Å². The first-order valence-corrected chi connectivity index (χ1v) is 6.56. The lowest BCUT2D eigenvalue weighted by molar-refractivity contribution is 0.560. The van der Waals surface area contributed by atoms with E-state index < -0.39 is 0 Å². The fourth-order valence-corrected chi connectivity index (χ4v) is 3.43. The molecule has 3 heteroatoms. The fourth-order valence-electron chi connectivity index (χ4n) is 2.20. The van der Waals surface area contributed by atoms with Gasteiger partial charge < -0.3 is 9.73 Å². The van der Waals surface area contributed by atoms with Gasteiger partial charge in [-0.3, -0.25) is 0 Å². The third-order valence-electron chi connectivity index (χ3n) is 3.01. The number of fused-ring (bicyclic) bond motifs is 1. The molecule has 0 fully saturated rings. The van der Waals surface area contributed by atoms with E-state index in [1.165, 1.54) is 29.7 Å². The Bertz CT molecular complexity index is 437. The molecule has 1 aliphatic rings. The smallest absolute Gasteiger partial charge is 0.0947 e. The van der Waals surface area contributed by atoms with Crippen LogP contribution in [0.1, 0.15) is 27.3 Å². The summed E-state index contributed by atoms with van der Waals surface area (Å²) in [6, 6.07) is 4.37. The summed E-state index contributed by atoms with van der Waals surface area (Å²) in [4.78, 5) is 3.08. The quantitative estimate of drug-likeness (QED) is 0.877. The van der Waals surface area contributed by atoms with Crippen LogP contribution < -0.4 is 5.32 Å². The lowest BCUT2D eigenvalue weighted by atomic mass is 10.2. The molecular weight excluding hydrogens is 218 g/mol. The lowest BCUT2D eigenvalue weighted by Gasteiger charge is -2.00. The van der Waals surface area contributed by atoms with Gasteiger partial charge in [0.2, 0.25) is 0 Å². The maximum absolute atomic E-state index is 5.03. The molecule has 2 aromatic rings. The molecule has 0 amide bonds. The van der Waals surface area contributed by atoms with Crippen LogP contribution in [-0.4, -0.2) is 0 Å². The summed E-state index contributed by atoms with van der Waals surface area (Å²) in [6.07, 6.45) is 7.44. The second-order valence-corrected chi connectivity index (χ2v) is 5.47. The Balaban J connectivity index is 1.54. The number of rotatable bonds is 4. The van der Waals surface area contributed by atoms with E-state index in [9.17, 15) is 0 Å². The van der Waals surface area contributed by atoms with Gasteiger partial charge in [0.15, 0.2) is 0 Å². The molecule has 0 saturated heterocycles. The largest absolute Gasteiger partial charge is 0.472 e. The molecule has 0 aliphatic heterocycles. The Morgan fingerprint density at radius 3 is 3.12 bits per heavy atom. The van der Waals surface area contributed by atoms with Crippen LogP contribution in [0.5, 0.6) is 0 Å². The maximum atomic E-state index is 5.03. The van der Waals surface area contributed by atoms with Gasteiger partial charge in [-0.05, 0) is 37.0 Å². The highest BCUT2D eigenvalue weighted by Gasteiger charge is 2.14. The topological polar surface area (TPSA) is 25.2 Å². The summed E-state index contributed by atoms with van der Waals surface area (Å²) < 4.78 is 5.03. The van der Waals surface area contributed by atoms with E-state index >= 15 is 0 Å². The second-order valence-electron chi connectivity index (χ2n) is 4.25. The van der Waals surface area contributed by atoms with Crippen molar-refractivity contribution in [2.75, 3.05) is 0 Å². The van der Waals surface area contributed by atoms with E-state index in [0.29, 0.717) is 0 Å². The average molecular weight is 233 g/mol. The van der Waals surface area contributed by atoms with E-state index in [1.54, 1.807) is 23.0 Å². The molecule has 0 unspecified atom stereocenters. The van der Waals surface area contributed by atoms with Crippen LogP contribution in [0.4, 0.5) is 0 Å². The minimum absolute atomic E-state index is 0.888. The number of nitrogens with one attached hydrogen (secondary N) is 1. The third-order valence-corrected chi connectivity index (χ3v) is 4.24. The minimum atomic E-state index is 0.888. The zero-order chi connectivity index (χ0) is 10.8. The van der Waals surface area contributed by atoms with Gasteiger partial charge in [0.05, 0.1) is 12.5 Å². The fraction of sp³-hybridized carbons (Fsp3) is 0.385. The van der Waals surface area contributed by atoms with Gasteiger partial charge in [-0.25, -0.2) is 0 Å². The molecule has 0 radical (unpaired) electrons. The van der Waals surface area contributed by atoms with Crippen molar-refractivity contribution in [3.63, 3.8) is 0 Å². The molecule has 16 heavy (non-hydrogen) atoms. The Morgan fingerprint density at radius 1 is 1.31 bits per heavy atom. The highest BCUT2D eigenvalue weighted by Crippen LogP contribution is 2.30. The minimum Gasteiger partial charge on any atom is -0.472 e. The summed E-state index contributed by atoms with van der Waals surface area (Å²) in [7, 11) is 0. The molecule has 2 heterocycles. The third kappa shape index (κ3) is 2.06. The van der Waals surface area contributed by atoms with E-state index in [-0.39, 0.29) is 0 Å². The first-order valence-electron chi connectivity index (χ1n) is 5.74. The zero-order valence-electron chi connectivity index (χ0n) is 9.16. The molecule has 84 valence electrons. The molecule has 0 aromatic carbocycles. The molecule has 2 nitrogen and oxygen atoms in total. The summed E-state index contributed by atoms with van der Waals surface area (Å²) in [5.41, 5.74) is 2.80. The first-order chi connectivity index (χ1) is 7.92.